The van der Waals surface area contributed by atoms with Crippen LogP contribution in [-0.2, 0) is 6.42 Å². The van der Waals surface area contributed by atoms with E-state index >= 15 is 0 Å². The summed E-state index contributed by atoms with van der Waals surface area (Å²) >= 11 is 0. The Morgan fingerprint density at radius 3 is 2.54 bits per heavy atom. The van der Waals surface area contributed by atoms with Gasteiger partial charge in [0.2, 0.25) is 0 Å². The normalized spacial score (nSPS) is 10.2. The largest absolute Gasteiger partial charge is 0.412 e. The number of benzene rings is 1. The van der Waals surface area contributed by atoms with E-state index in [1.54, 1.807) is 6.07 Å². The van der Waals surface area contributed by atoms with E-state index in [0.29, 0.717) is 0 Å². The lowest BCUT2D eigenvalue weighted by atomic mass is 10.1. The Balaban J connectivity index is 2.15. The first kappa shape index (κ1) is 7.86. The van der Waals surface area contributed by atoms with Gasteiger partial charge < -0.3 is 5.21 Å². The topological polar surface area (TPSA) is 38.0 Å². The molecule has 2 aromatic rings. The maximum absolute atomic E-state index is 8.94. The molecule has 0 radical (unpaired) electrons. The van der Waals surface area contributed by atoms with Crippen LogP contribution >= 0.6 is 0 Å². The summed E-state index contributed by atoms with van der Waals surface area (Å²) in [6.07, 6.45) is 2.28. The van der Waals surface area contributed by atoms with Gasteiger partial charge in [-0.3, -0.25) is 0 Å². The minimum absolute atomic E-state index is 0.758. The maximum atomic E-state index is 8.94. The Kier molecular flexibility index (Phi) is 2.00. The second-order valence-electron chi connectivity index (χ2n) is 2.89. The Morgan fingerprint density at radius 2 is 1.92 bits per heavy atom. The number of aromatic nitrogens is 2. The lowest BCUT2D eigenvalue weighted by molar-refractivity contribution is 0.147. The molecule has 0 aliphatic heterocycles. The zero-order valence-corrected chi connectivity index (χ0v) is 7.09. The molecule has 0 unspecified atom stereocenters. The van der Waals surface area contributed by atoms with Crippen LogP contribution in [-0.4, -0.2) is 15.2 Å². The van der Waals surface area contributed by atoms with E-state index in [2.05, 4.69) is 5.10 Å². The van der Waals surface area contributed by atoms with Crippen LogP contribution in [0.2, 0.25) is 0 Å². The summed E-state index contributed by atoms with van der Waals surface area (Å²) in [4.78, 5) is 0.832. The van der Waals surface area contributed by atoms with Crippen LogP contribution in [0.4, 0.5) is 0 Å². The average molecular weight is 174 g/mol. The average Bonchev–Trinajstić information content (AvgIpc) is 2.53. The van der Waals surface area contributed by atoms with Crippen molar-refractivity contribution in [2.45, 2.75) is 6.42 Å². The van der Waals surface area contributed by atoms with Gasteiger partial charge in [-0.15, -0.1) is 9.94 Å². The van der Waals surface area contributed by atoms with E-state index in [4.69, 9.17) is 5.21 Å². The molecule has 66 valence electrons. The molecule has 0 aliphatic rings. The van der Waals surface area contributed by atoms with Crippen molar-refractivity contribution >= 4 is 0 Å². The fourth-order valence-corrected chi connectivity index (χ4v) is 1.25. The van der Waals surface area contributed by atoms with Gasteiger partial charge in [-0.2, -0.15) is 0 Å². The molecule has 13 heavy (non-hydrogen) atoms. The van der Waals surface area contributed by atoms with Gasteiger partial charge in [-0.1, -0.05) is 30.3 Å². The van der Waals surface area contributed by atoms with Crippen LogP contribution in [0.1, 0.15) is 11.3 Å². The van der Waals surface area contributed by atoms with Crippen LogP contribution in [0.3, 0.4) is 0 Å². The smallest absolute Gasteiger partial charge is 0.0704 e. The molecule has 1 N–H and O–H groups in total. The lowest BCUT2D eigenvalue weighted by Crippen LogP contribution is -1.93. The molecule has 0 aliphatic carbocycles. The molecule has 0 saturated carbocycles. The Morgan fingerprint density at radius 1 is 1.15 bits per heavy atom. The Bertz CT molecular complexity index is 381. The highest BCUT2D eigenvalue weighted by molar-refractivity contribution is 5.20. The van der Waals surface area contributed by atoms with Crippen LogP contribution < -0.4 is 0 Å². The fourth-order valence-electron chi connectivity index (χ4n) is 1.25. The van der Waals surface area contributed by atoms with Gasteiger partial charge in [-0.05, 0) is 11.6 Å². The first-order valence-electron chi connectivity index (χ1n) is 4.12. The van der Waals surface area contributed by atoms with Crippen LogP contribution in [0.25, 0.3) is 0 Å². The second kappa shape index (κ2) is 3.31. The molecule has 0 fully saturated rings. The minimum Gasteiger partial charge on any atom is -0.412 e. The molecular formula is C10H10N2O. The molecule has 3 heteroatoms. The zero-order valence-electron chi connectivity index (χ0n) is 7.09. The van der Waals surface area contributed by atoms with Crippen molar-refractivity contribution in [3.05, 3.63) is 53.9 Å². The van der Waals surface area contributed by atoms with E-state index in [0.717, 1.165) is 17.0 Å². The number of nitrogens with zero attached hydrogens (tertiary/aromatic N) is 2. The predicted molar refractivity (Wildman–Crippen MR) is 48.7 cm³/mol. The molecule has 0 atom stereocenters. The first-order chi connectivity index (χ1) is 6.34. The highest BCUT2D eigenvalue weighted by atomic mass is 16.5. The van der Waals surface area contributed by atoms with Gasteiger partial charge in [0.05, 0.1) is 11.9 Å². The molecule has 0 amide bonds. The molecule has 0 bridgehead atoms. The van der Waals surface area contributed by atoms with Gasteiger partial charge in [0.15, 0.2) is 0 Å². The van der Waals surface area contributed by atoms with E-state index < -0.39 is 0 Å². The van der Waals surface area contributed by atoms with Gasteiger partial charge in [0, 0.05) is 6.42 Å². The minimum atomic E-state index is 0.758. The summed E-state index contributed by atoms with van der Waals surface area (Å²) in [5.74, 6) is 0. The lowest BCUT2D eigenvalue weighted by Gasteiger charge is -1.95. The molecular weight excluding hydrogens is 164 g/mol. The molecule has 1 aromatic carbocycles. The summed E-state index contributed by atoms with van der Waals surface area (Å²) in [7, 11) is 0. The Labute approximate surface area is 76.2 Å². The van der Waals surface area contributed by atoms with Crippen molar-refractivity contribution in [3.63, 3.8) is 0 Å². The molecule has 2 rings (SSSR count). The second-order valence-corrected chi connectivity index (χ2v) is 2.89. The number of rotatable bonds is 2. The monoisotopic (exact) mass is 174 g/mol. The number of hydrogen-bond acceptors (Lipinski definition) is 2. The van der Waals surface area contributed by atoms with Crippen LogP contribution in [0.5, 0.6) is 0 Å². The van der Waals surface area contributed by atoms with Crippen LogP contribution in [0, 0.1) is 0 Å². The molecule has 1 aromatic heterocycles. The maximum Gasteiger partial charge on any atom is 0.0704 e. The van der Waals surface area contributed by atoms with Gasteiger partial charge in [-0.25, -0.2) is 0 Å². The van der Waals surface area contributed by atoms with E-state index in [-0.39, 0.29) is 0 Å². The van der Waals surface area contributed by atoms with Gasteiger partial charge in [0.25, 0.3) is 0 Å². The third kappa shape index (κ3) is 1.87. The molecule has 1 heterocycles. The predicted octanol–water partition coefficient (Wildman–Crippen LogP) is 1.71. The van der Waals surface area contributed by atoms with Gasteiger partial charge in [0.1, 0.15) is 0 Å². The quantitative estimate of drug-likeness (QED) is 0.704. The van der Waals surface area contributed by atoms with Crippen molar-refractivity contribution in [2.24, 2.45) is 0 Å². The van der Waals surface area contributed by atoms with E-state index in [1.165, 1.54) is 11.8 Å². The van der Waals surface area contributed by atoms with Crippen molar-refractivity contribution in [2.75, 3.05) is 0 Å². The standard InChI is InChI=1S/C10H10N2O/c13-12-7-6-10(11-12)8-9-4-2-1-3-5-9/h1-7,13H,8H2. The summed E-state index contributed by atoms with van der Waals surface area (Å²) in [5.41, 5.74) is 2.06. The SMILES string of the molecule is On1ccc(Cc2ccccc2)n1. The van der Waals surface area contributed by atoms with Crippen molar-refractivity contribution in [1.82, 2.24) is 9.94 Å². The first-order valence-corrected chi connectivity index (χ1v) is 4.12. The van der Waals surface area contributed by atoms with Crippen molar-refractivity contribution in [1.29, 1.82) is 0 Å². The van der Waals surface area contributed by atoms with Crippen molar-refractivity contribution in [3.8, 4) is 0 Å². The van der Waals surface area contributed by atoms with Crippen LogP contribution in [0.15, 0.2) is 42.6 Å². The highest BCUT2D eigenvalue weighted by Gasteiger charge is 1.98. The third-order valence-electron chi connectivity index (χ3n) is 1.86. The Hall–Kier alpha value is -1.77. The summed E-state index contributed by atoms with van der Waals surface area (Å²) in [6.45, 7) is 0. The zero-order chi connectivity index (χ0) is 9.10. The van der Waals surface area contributed by atoms with E-state index in [9.17, 15) is 0 Å². The third-order valence-corrected chi connectivity index (χ3v) is 1.86. The fraction of sp³-hybridized carbons (Fsp3) is 0.100. The van der Waals surface area contributed by atoms with E-state index in [1.807, 2.05) is 30.3 Å². The summed E-state index contributed by atoms with van der Waals surface area (Å²) < 4.78 is 0. The molecule has 3 nitrogen and oxygen atoms in total. The van der Waals surface area contributed by atoms with Gasteiger partial charge >= 0.3 is 0 Å². The number of hydrogen-bond donors (Lipinski definition) is 1. The summed E-state index contributed by atoms with van der Waals surface area (Å²) in [5, 5.41) is 12.8. The summed E-state index contributed by atoms with van der Waals surface area (Å²) in [6, 6.07) is 11.8. The molecule has 0 spiro atoms. The van der Waals surface area contributed by atoms with Crippen molar-refractivity contribution < 1.29 is 5.21 Å². The highest BCUT2D eigenvalue weighted by Crippen LogP contribution is 2.05. The molecule has 0 saturated heterocycles.